The first kappa shape index (κ1) is 8.74. The number of aromatic carboxylic acids is 1. The highest BCUT2D eigenvalue weighted by atomic mass is 16.4. The number of fused-ring (bicyclic) bond motifs is 1. The zero-order valence-corrected chi connectivity index (χ0v) is 7.98. The molecule has 0 saturated carbocycles. The van der Waals surface area contributed by atoms with Crippen LogP contribution >= 0.6 is 0 Å². The highest BCUT2D eigenvalue weighted by Gasteiger charge is 2.13. The molecule has 0 atom stereocenters. The number of aromatic nitrogens is 2. The number of pyridine rings is 1. The third-order valence-corrected chi connectivity index (χ3v) is 2.37. The summed E-state index contributed by atoms with van der Waals surface area (Å²) in [7, 11) is 1.71. The molecule has 4 heteroatoms. The van der Waals surface area contributed by atoms with Gasteiger partial charge >= 0.3 is 5.97 Å². The van der Waals surface area contributed by atoms with E-state index >= 15 is 0 Å². The lowest BCUT2D eigenvalue weighted by Gasteiger charge is -1.98. The number of rotatable bonds is 1. The van der Waals surface area contributed by atoms with Crippen LogP contribution in [0.15, 0.2) is 18.3 Å². The zero-order chi connectivity index (χ0) is 10.3. The van der Waals surface area contributed by atoms with Crippen molar-refractivity contribution in [2.75, 3.05) is 0 Å². The molecule has 72 valence electrons. The highest BCUT2D eigenvalue weighted by molar-refractivity contribution is 5.94. The number of nitrogens with zero attached hydrogens (tertiary/aromatic N) is 2. The molecule has 0 fully saturated rings. The van der Waals surface area contributed by atoms with Gasteiger partial charge < -0.3 is 9.67 Å². The minimum Gasteiger partial charge on any atom is -0.477 e. The first-order valence-electron chi connectivity index (χ1n) is 4.25. The third kappa shape index (κ3) is 1.08. The molecule has 0 radical (unpaired) electrons. The van der Waals surface area contributed by atoms with Crippen LogP contribution in [-0.4, -0.2) is 20.6 Å². The van der Waals surface area contributed by atoms with Gasteiger partial charge in [0.25, 0.3) is 0 Å². The van der Waals surface area contributed by atoms with Crippen molar-refractivity contribution in [2.45, 2.75) is 6.92 Å². The maximum Gasteiger partial charge on any atom is 0.352 e. The molecule has 0 aromatic carbocycles. The molecule has 4 nitrogen and oxygen atoms in total. The van der Waals surface area contributed by atoms with Crippen LogP contribution in [0.2, 0.25) is 0 Å². The van der Waals surface area contributed by atoms with Gasteiger partial charge in [-0.3, -0.25) is 0 Å². The average molecular weight is 190 g/mol. The number of hydrogen-bond donors (Lipinski definition) is 1. The molecule has 0 unspecified atom stereocenters. The quantitative estimate of drug-likeness (QED) is 0.742. The maximum atomic E-state index is 10.9. The first-order chi connectivity index (χ1) is 6.61. The summed E-state index contributed by atoms with van der Waals surface area (Å²) in [4.78, 5) is 15.0. The summed E-state index contributed by atoms with van der Waals surface area (Å²) in [6.07, 6.45) is 1.68. The number of carboxylic acid groups (broad SMARTS) is 1. The zero-order valence-electron chi connectivity index (χ0n) is 7.98. The van der Waals surface area contributed by atoms with Crippen molar-refractivity contribution in [1.29, 1.82) is 0 Å². The van der Waals surface area contributed by atoms with Gasteiger partial charge in [0.2, 0.25) is 0 Å². The normalized spacial score (nSPS) is 10.7. The van der Waals surface area contributed by atoms with Crippen molar-refractivity contribution in [3.05, 3.63) is 29.6 Å². The van der Waals surface area contributed by atoms with Crippen LogP contribution in [0.1, 0.15) is 16.1 Å². The van der Waals surface area contributed by atoms with Gasteiger partial charge in [-0.2, -0.15) is 0 Å². The molecule has 0 bridgehead atoms. The molecule has 0 amide bonds. The summed E-state index contributed by atoms with van der Waals surface area (Å²) in [5.74, 6) is -0.926. The molecule has 0 saturated heterocycles. The fraction of sp³-hybridized carbons (Fsp3) is 0.200. The van der Waals surface area contributed by atoms with Crippen molar-refractivity contribution in [2.24, 2.45) is 7.05 Å². The first-order valence-corrected chi connectivity index (χ1v) is 4.25. The Hall–Kier alpha value is -1.84. The lowest BCUT2D eigenvalue weighted by atomic mass is 10.2. The summed E-state index contributed by atoms with van der Waals surface area (Å²) < 4.78 is 1.59. The van der Waals surface area contributed by atoms with Crippen molar-refractivity contribution in [3.8, 4) is 0 Å². The standard InChI is InChI=1S/C10H10N2O2/c1-6-3-4-11-9-7(6)5-8(10(13)14)12(9)2/h3-5H,1-2H3,(H,13,14). The van der Waals surface area contributed by atoms with Gasteiger partial charge in [-0.15, -0.1) is 0 Å². The second kappa shape index (κ2) is 2.83. The summed E-state index contributed by atoms with van der Waals surface area (Å²) in [5, 5.41) is 9.80. The summed E-state index contributed by atoms with van der Waals surface area (Å²) in [5.41, 5.74) is 2.02. The Bertz CT molecular complexity index is 514. The minimum absolute atomic E-state index is 0.266. The van der Waals surface area contributed by atoms with E-state index in [1.165, 1.54) is 0 Å². The Kier molecular flexibility index (Phi) is 1.77. The molecule has 2 aromatic rings. The minimum atomic E-state index is -0.926. The highest BCUT2D eigenvalue weighted by Crippen LogP contribution is 2.19. The molecule has 2 heterocycles. The number of carboxylic acids is 1. The molecular weight excluding hydrogens is 180 g/mol. The van der Waals surface area contributed by atoms with Crippen LogP contribution in [0.3, 0.4) is 0 Å². The fourth-order valence-corrected chi connectivity index (χ4v) is 1.55. The Labute approximate surface area is 80.8 Å². The average Bonchev–Trinajstić information content (AvgIpc) is 2.46. The summed E-state index contributed by atoms with van der Waals surface area (Å²) in [6, 6.07) is 3.52. The molecule has 2 rings (SSSR count). The Morgan fingerprint density at radius 1 is 1.57 bits per heavy atom. The van der Waals surface area contributed by atoms with E-state index in [2.05, 4.69) is 4.98 Å². The topological polar surface area (TPSA) is 55.1 Å². The van der Waals surface area contributed by atoms with Gasteiger partial charge in [0, 0.05) is 18.6 Å². The smallest absolute Gasteiger partial charge is 0.352 e. The van der Waals surface area contributed by atoms with Gasteiger partial charge in [-0.25, -0.2) is 9.78 Å². The van der Waals surface area contributed by atoms with Crippen LogP contribution in [0, 0.1) is 6.92 Å². The predicted octanol–water partition coefficient (Wildman–Crippen LogP) is 1.58. The van der Waals surface area contributed by atoms with Crippen LogP contribution in [0.5, 0.6) is 0 Å². The van der Waals surface area contributed by atoms with Crippen molar-refractivity contribution >= 4 is 17.0 Å². The van der Waals surface area contributed by atoms with Crippen molar-refractivity contribution in [3.63, 3.8) is 0 Å². The molecule has 2 aromatic heterocycles. The molecule has 0 spiro atoms. The number of carbonyl (C=O) groups is 1. The predicted molar refractivity (Wildman–Crippen MR) is 52.4 cm³/mol. The Balaban J connectivity index is 2.86. The van der Waals surface area contributed by atoms with E-state index in [0.717, 1.165) is 10.9 Å². The van der Waals surface area contributed by atoms with E-state index in [1.807, 2.05) is 13.0 Å². The van der Waals surface area contributed by atoms with E-state index in [-0.39, 0.29) is 5.69 Å². The van der Waals surface area contributed by atoms with Gasteiger partial charge in [0.05, 0.1) is 0 Å². The van der Waals surface area contributed by atoms with Crippen LogP contribution in [0.25, 0.3) is 11.0 Å². The van der Waals surface area contributed by atoms with Gasteiger partial charge in [-0.05, 0) is 24.6 Å². The van der Waals surface area contributed by atoms with E-state index in [4.69, 9.17) is 5.11 Å². The van der Waals surface area contributed by atoms with Gasteiger partial charge in [0.15, 0.2) is 0 Å². The molecular formula is C10H10N2O2. The third-order valence-electron chi connectivity index (χ3n) is 2.37. The van der Waals surface area contributed by atoms with E-state index in [0.29, 0.717) is 5.65 Å². The SMILES string of the molecule is Cc1ccnc2c1cc(C(=O)O)n2C. The largest absolute Gasteiger partial charge is 0.477 e. The molecule has 0 aliphatic carbocycles. The van der Waals surface area contributed by atoms with Gasteiger partial charge in [-0.1, -0.05) is 0 Å². The second-order valence-corrected chi connectivity index (χ2v) is 3.26. The lowest BCUT2D eigenvalue weighted by molar-refractivity contribution is 0.0687. The maximum absolute atomic E-state index is 10.9. The van der Waals surface area contributed by atoms with E-state index in [1.54, 1.807) is 23.9 Å². The number of hydrogen-bond acceptors (Lipinski definition) is 2. The second-order valence-electron chi connectivity index (χ2n) is 3.26. The van der Waals surface area contributed by atoms with Crippen LogP contribution in [0.4, 0.5) is 0 Å². The van der Waals surface area contributed by atoms with Crippen LogP contribution < -0.4 is 0 Å². The Morgan fingerprint density at radius 3 is 2.86 bits per heavy atom. The molecule has 1 N–H and O–H groups in total. The van der Waals surface area contributed by atoms with E-state index in [9.17, 15) is 4.79 Å². The molecule has 0 aliphatic heterocycles. The number of aryl methyl sites for hydroxylation is 2. The molecule has 0 aliphatic rings. The summed E-state index contributed by atoms with van der Waals surface area (Å²) >= 11 is 0. The molecule has 14 heavy (non-hydrogen) atoms. The Morgan fingerprint density at radius 2 is 2.29 bits per heavy atom. The van der Waals surface area contributed by atoms with Crippen molar-refractivity contribution < 1.29 is 9.90 Å². The van der Waals surface area contributed by atoms with Crippen LogP contribution in [-0.2, 0) is 7.05 Å². The van der Waals surface area contributed by atoms with Gasteiger partial charge in [0.1, 0.15) is 11.3 Å². The lowest BCUT2D eigenvalue weighted by Crippen LogP contribution is -2.04. The fourth-order valence-electron chi connectivity index (χ4n) is 1.55. The van der Waals surface area contributed by atoms with Crippen molar-refractivity contribution in [1.82, 2.24) is 9.55 Å². The monoisotopic (exact) mass is 190 g/mol. The van der Waals surface area contributed by atoms with E-state index < -0.39 is 5.97 Å². The summed E-state index contributed by atoms with van der Waals surface area (Å²) in [6.45, 7) is 1.94.